The molecule has 0 unspecified atom stereocenters. The van der Waals surface area contributed by atoms with Crippen LogP contribution in [0.3, 0.4) is 0 Å². The fourth-order valence-electron chi connectivity index (χ4n) is 14.8. The number of carbonyl (C=O) groups is 2. The number of carboxylic acids is 1. The second-order valence-electron chi connectivity index (χ2n) is 23.0. The first kappa shape index (κ1) is 49.5. The minimum Gasteiger partial charge on any atom is -0.479 e. The summed E-state index contributed by atoms with van der Waals surface area (Å²) in [5, 5.41) is 104. The van der Waals surface area contributed by atoms with Gasteiger partial charge in [0.05, 0.1) is 24.7 Å². The maximum atomic E-state index is 14.6. The van der Waals surface area contributed by atoms with Crippen LogP contribution >= 0.6 is 0 Å². The van der Waals surface area contributed by atoms with Gasteiger partial charge in [0.2, 0.25) is 6.29 Å². The zero-order chi connectivity index (χ0) is 47.6. The topological polar surface area (TPSA) is 292 Å². The molecular formula is C47H74O18. The Morgan fingerprint density at radius 3 is 1.89 bits per heavy atom. The first-order valence-electron chi connectivity index (χ1n) is 23.7. The van der Waals surface area contributed by atoms with Gasteiger partial charge in [-0.25, -0.2) is 4.79 Å². The van der Waals surface area contributed by atoms with Crippen molar-refractivity contribution in [3.05, 3.63) is 11.6 Å². The summed E-state index contributed by atoms with van der Waals surface area (Å²) in [6.07, 6.45) is -13.2. The molecule has 10 N–H and O–H groups in total. The SMILES string of the molecule is CC1(C)CC[C@]2(C(=O)O[C@@H]3O[C@H](CO)[C@@H](O)[C@H](O)[C@H]3O)CC[C@]3(C)C(=CC[C@@H]4[C@@]5(C)CC[C@H](O[C@@H]6O[C@H](C(=O)O)[C@@H](O[C@@H]7O[C@H](CO)[C@@H](O)[C@@H]7O)[C@H](O)[C@H]6O)C(C)(C)[C@@H]5CC[C@]43C)[C@@H]2C1. The third kappa shape index (κ3) is 7.67. The van der Waals surface area contributed by atoms with Crippen molar-refractivity contribution in [1.29, 1.82) is 0 Å². The summed E-state index contributed by atoms with van der Waals surface area (Å²) < 4.78 is 35.0. The van der Waals surface area contributed by atoms with Crippen molar-refractivity contribution in [2.75, 3.05) is 13.2 Å². The smallest absolute Gasteiger partial charge is 0.335 e. The van der Waals surface area contributed by atoms with Crippen LogP contribution in [0.2, 0.25) is 0 Å². The summed E-state index contributed by atoms with van der Waals surface area (Å²) in [5.41, 5.74) is -0.800. The minimum absolute atomic E-state index is 0.0645. The number of carboxylic acid groups (broad SMARTS) is 1. The molecule has 0 aromatic heterocycles. The molecule has 0 aromatic rings. The largest absolute Gasteiger partial charge is 0.479 e. The Bertz CT molecular complexity index is 1820. The van der Waals surface area contributed by atoms with Crippen LogP contribution in [0.4, 0.5) is 0 Å². The summed E-state index contributed by atoms with van der Waals surface area (Å²) in [7, 11) is 0. The molecule has 3 saturated heterocycles. The highest BCUT2D eigenvalue weighted by Gasteiger charge is 2.70. The highest BCUT2D eigenvalue weighted by molar-refractivity contribution is 5.79. The van der Waals surface area contributed by atoms with Crippen LogP contribution in [0.5, 0.6) is 0 Å². The zero-order valence-corrected chi connectivity index (χ0v) is 38.7. The molecule has 0 bridgehead atoms. The maximum Gasteiger partial charge on any atom is 0.335 e. The molecule has 0 spiro atoms. The second kappa shape index (κ2) is 17.2. The van der Waals surface area contributed by atoms with Crippen molar-refractivity contribution in [3.63, 3.8) is 0 Å². The van der Waals surface area contributed by atoms with Gasteiger partial charge in [-0.15, -0.1) is 0 Å². The van der Waals surface area contributed by atoms with Gasteiger partial charge in [-0.2, -0.15) is 0 Å². The Labute approximate surface area is 380 Å². The van der Waals surface area contributed by atoms with Crippen LogP contribution in [0.15, 0.2) is 11.6 Å². The molecule has 22 atom stereocenters. The van der Waals surface area contributed by atoms with E-state index >= 15 is 0 Å². The molecule has 18 heteroatoms. The Hall–Kier alpha value is -1.88. The quantitative estimate of drug-likeness (QED) is 0.0872. The van der Waals surface area contributed by atoms with E-state index < -0.39 is 128 Å². The van der Waals surface area contributed by atoms with Crippen LogP contribution < -0.4 is 0 Å². The van der Waals surface area contributed by atoms with Crippen molar-refractivity contribution in [2.24, 2.45) is 50.2 Å². The molecule has 0 aromatic carbocycles. The van der Waals surface area contributed by atoms with Crippen molar-refractivity contribution in [2.45, 2.75) is 205 Å². The van der Waals surface area contributed by atoms with Gasteiger partial charge in [0.1, 0.15) is 61.0 Å². The van der Waals surface area contributed by atoms with Crippen molar-refractivity contribution < 1.29 is 89.1 Å². The lowest BCUT2D eigenvalue weighted by Gasteiger charge is -2.71. The van der Waals surface area contributed by atoms with Gasteiger partial charge in [0.25, 0.3) is 0 Å². The fourth-order valence-corrected chi connectivity index (χ4v) is 14.8. The number of aliphatic hydroxyl groups excluding tert-OH is 9. The van der Waals surface area contributed by atoms with Gasteiger partial charge < -0.3 is 79.5 Å². The predicted octanol–water partition coefficient (Wildman–Crippen LogP) is 0.872. The second-order valence-corrected chi connectivity index (χ2v) is 23.0. The Kier molecular flexibility index (Phi) is 13.1. The predicted molar refractivity (Wildman–Crippen MR) is 225 cm³/mol. The third-order valence-electron chi connectivity index (χ3n) is 18.9. The van der Waals surface area contributed by atoms with E-state index in [0.717, 1.165) is 44.9 Å². The summed E-state index contributed by atoms with van der Waals surface area (Å²) in [6.45, 7) is 14.6. The molecule has 3 aliphatic heterocycles. The molecule has 4 saturated carbocycles. The van der Waals surface area contributed by atoms with Gasteiger partial charge >= 0.3 is 11.9 Å². The van der Waals surface area contributed by atoms with Crippen LogP contribution in [-0.4, -0.2) is 168 Å². The number of allylic oxidation sites excluding steroid dienone is 2. The van der Waals surface area contributed by atoms with Crippen molar-refractivity contribution in [1.82, 2.24) is 0 Å². The molecule has 370 valence electrons. The Morgan fingerprint density at radius 2 is 1.25 bits per heavy atom. The molecule has 8 rings (SSSR count). The molecule has 18 nitrogen and oxygen atoms in total. The molecular weight excluding hydrogens is 852 g/mol. The number of aliphatic hydroxyl groups is 9. The van der Waals surface area contributed by atoms with E-state index in [0.29, 0.717) is 19.3 Å². The number of ether oxygens (including phenoxy) is 6. The van der Waals surface area contributed by atoms with Gasteiger partial charge in [0, 0.05) is 0 Å². The fraction of sp³-hybridized carbons (Fsp3) is 0.915. The highest BCUT2D eigenvalue weighted by Crippen LogP contribution is 2.76. The average Bonchev–Trinajstić information content (AvgIpc) is 3.52. The lowest BCUT2D eigenvalue weighted by atomic mass is 9.33. The molecule has 8 aliphatic rings. The average molecular weight is 927 g/mol. The zero-order valence-electron chi connectivity index (χ0n) is 38.7. The molecule has 0 radical (unpaired) electrons. The summed E-state index contributed by atoms with van der Waals surface area (Å²) >= 11 is 0. The van der Waals surface area contributed by atoms with Gasteiger partial charge in [-0.3, -0.25) is 4.79 Å². The summed E-state index contributed by atoms with van der Waals surface area (Å²) in [6, 6.07) is 0. The summed E-state index contributed by atoms with van der Waals surface area (Å²) in [4.78, 5) is 27.2. The number of fused-ring (bicyclic) bond motifs is 7. The van der Waals surface area contributed by atoms with E-state index in [9.17, 15) is 60.7 Å². The van der Waals surface area contributed by atoms with E-state index in [1.54, 1.807) is 0 Å². The molecule has 0 amide bonds. The highest BCUT2D eigenvalue weighted by atomic mass is 16.8. The Morgan fingerprint density at radius 1 is 0.662 bits per heavy atom. The number of hydrogen-bond donors (Lipinski definition) is 10. The molecule has 3 heterocycles. The monoisotopic (exact) mass is 926 g/mol. The normalized spacial score (nSPS) is 52.5. The van der Waals surface area contributed by atoms with Gasteiger partial charge in [0.15, 0.2) is 18.7 Å². The lowest BCUT2D eigenvalue weighted by Crippen LogP contribution is -2.66. The van der Waals surface area contributed by atoms with E-state index in [1.807, 2.05) is 0 Å². The van der Waals surface area contributed by atoms with Crippen LogP contribution in [0.25, 0.3) is 0 Å². The van der Waals surface area contributed by atoms with E-state index in [2.05, 4.69) is 54.5 Å². The van der Waals surface area contributed by atoms with E-state index in [1.165, 1.54) is 5.57 Å². The van der Waals surface area contributed by atoms with E-state index in [-0.39, 0.29) is 39.4 Å². The van der Waals surface area contributed by atoms with Crippen molar-refractivity contribution in [3.8, 4) is 0 Å². The van der Waals surface area contributed by atoms with Crippen LogP contribution in [0, 0.1) is 50.2 Å². The van der Waals surface area contributed by atoms with E-state index in [4.69, 9.17) is 28.4 Å². The molecule has 5 aliphatic carbocycles. The number of esters is 1. The Balaban J connectivity index is 1.01. The third-order valence-corrected chi connectivity index (χ3v) is 18.9. The number of carbonyl (C=O) groups excluding carboxylic acids is 1. The molecule has 65 heavy (non-hydrogen) atoms. The minimum atomic E-state index is -1.84. The standard InChI is InChI=1S/C47H74O18/c1-42(2)14-16-47(41(59)65-39-33(55)30(52)28(50)23(19-48)61-39)17-15-45(6)21(22(47)18-42)8-9-26-44(5)12-11-27(43(3,4)25(44)10-13-46(26,45)7)62-40-34(56)31(53)35(36(64-40)37(57)58)63-38-32(54)29(51)24(20-49)60-38/h8,22-36,38-40,48-56H,9-20H2,1-7H3,(H,57,58)/t22-,23+,24+,25-,26+,27-,28+,29+,30-,31+,32-,33+,34+,35-,36-,38-,39-,40+,44-,45+,46+,47-/m0/s1. The number of aliphatic carboxylic acids is 1. The van der Waals surface area contributed by atoms with Gasteiger partial charge in [-0.1, -0.05) is 60.1 Å². The maximum absolute atomic E-state index is 14.6. The molecule has 7 fully saturated rings. The van der Waals surface area contributed by atoms with Crippen LogP contribution in [0.1, 0.15) is 113 Å². The first-order valence-corrected chi connectivity index (χ1v) is 23.7. The van der Waals surface area contributed by atoms with Crippen LogP contribution in [-0.2, 0) is 38.0 Å². The first-order chi connectivity index (χ1) is 30.3. The summed E-state index contributed by atoms with van der Waals surface area (Å²) in [5.74, 6) is -1.77. The van der Waals surface area contributed by atoms with Crippen molar-refractivity contribution >= 4 is 11.9 Å². The van der Waals surface area contributed by atoms with Gasteiger partial charge in [-0.05, 0) is 109 Å². The number of hydrogen-bond acceptors (Lipinski definition) is 17. The number of rotatable bonds is 9. The lowest BCUT2D eigenvalue weighted by molar-refractivity contribution is -0.342.